The van der Waals surface area contributed by atoms with Crippen LogP contribution in [0.15, 0.2) is 120 Å². The molecule has 0 fully saturated rings. The maximum atomic E-state index is 10.5. The second kappa shape index (κ2) is 11.0. The fraction of sp³-hybridized carbons (Fsp3) is 0.0909. The molecule has 2 unspecified atom stereocenters. The van der Waals surface area contributed by atoms with Gasteiger partial charge in [-0.3, -0.25) is 0 Å². The number of rotatable bonds is 3. The number of thiophene rings is 1. The van der Waals surface area contributed by atoms with Crippen molar-refractivity contribution >= 4 is 56.2 Å². The zero-order chi connectivity index (χ0) is 32.6. The van der Waals surface area contributed by atoms with Crippen LogP contribution in [-0.4, -0.2) is 4.57 Å². The second-order valence-corrected chi connectivity index (χ2v) is 15.2. The molecule has 5 heteroatoms. The molecule has 230 valence electrons. The van der Waals surface area contributed by atoms with E-state index in [0.717, 1.165) is 46.3 Å². The van der Waals surface area contributed by atoms with Gasteiger partial charge in [-0.1, -0.05) is 66.7 Å². The Balaban J connectivity index is 1.12. The molecule has 0 radical (unpaired) electrons. The van der Waals surface area contributed by atoms with Gasteiger partial charge in [0.05, 0.1) is 28.4 Å². The van der Waals surface area contributed by atoms with Crippen LogP contribution >= 0.6 is 23.1 Å². The van der Waals surface area contributed by atoms with Gasteiger partial charge in [-0.05, 0) is 112 Å². The molecule has 7 aromatic rings. The van der Waals surface area contributed by atoms with Gasteiger partial charge in [0.15, 0.2) is 0 Å². The summed E-state index contributed by atoms with van der Waals surface area (Å²) in [7, 11) is 0. The minimum absolute atomic E-state index is 0.273. The van der Waals surface area contributed by atoms with Gasteiger partial charge >= 0.3 is 0 Å². The van der Waals surface area contributed by atoms with Crippen molar-refractivity contribution in [2.75, 3.05) is 0 Å². The monoisotopic (exact) mass is 661 g/mol. The zero-order valence-electron chi connectivity index (χ0n) is 26.4. The first-order valence-electron chi connectivity index (χ1n) is 16.6. The molecule has 2 atom stereocenters. The second-order valence-electron chi connectivity index (χ2n) is 12.9. The van der Waals surface area contributed by atoms with E-state index in [9.17, 15) is 10.5 Å². The minimum atomic E-state index is 0.273. The molecule has 0 N–H and O–H groups in total. The van der Waals surface area contributed by atoms with Gasteiger partial charge in [0, 0.05) is 42.3 Å². The van der Waals surface area contributed by atoms with Crippen LogP contribution in [0.5, 0.6) is 0 Å². The molecule has 3 nitrogen and oxygen atoms in total. The van der Waals surface area contributed by atoms with E-state index in [1.165, 1.54) is 47.6 Å². The minimum Gasteiger partial charge on any atom is -0.308 e. The molecule has 2 aliphatic carbocycles. The number of aryl methyl sites for hydroxylation is 1. The molecule has 0 saturated heterocycles. The number of nitriles is 2. The molecule has 1 aliphatic heterocycles. The van der Waals surface area contributed by atoms with E-state index >= 15 is 0 Å². The largest absolute Gasteiger partial charge is 0.308 e. The highest BCUT2D eigenvalue weighted by atomic mass is 32.2. The Morgan fingerprint density at radius 1 is 0.755 bits per heavy atom. The standard InChI is InChI=1S/C44H27N3S2/c45-24-26-7-5-8-27(21-26)28-15-18-39-35(22-28)34-17-20-41-42(44(34)49-39)36-23-29(16-19-40(36)48-41)31-12-6-9-30(25-46)43(31)47-37-13-3-1-10-32(37)33-11-2-4-14-38(33)47/h1,3-10,12-23,34,44H,2,11H2. The number of allylic oxidation sites excluding steroid dienone is 2. The summed E-state index contributed by atoms with van der Waals surface area (Å²) in [4.78, 5) is 2.65. The molecule has 0 amide bonds. The van der Waals surface area contributed by atoms with Crippen molar-refractivity contribution in [3.05, 3.63) is 154 Å². The molecule has 49 heavy (non-hydrogen) atoms. The molecule has 2 aromatic heterocycles. The predicted octanol–water partition coefficient (Wildman–Crippen LogP) is 11.8. The first kappa shape index (κ1) is 28.4. The van der Waals surface area contributed by atoms with E-state index in [2.05, 4.69) is 114 Å². The van der Waals surface area contributed by atoms with Crippen molar-refractivity contribution in [1.82, 2.24) is 4.57 Å². The van der Waals surface area contributed by atoms with Crippen LogP contribution in [0.25, 0.3) is 61.1 Å². The predicted molar refractivity (Wildman–Crippen MR) is 203 cm³/mol. The number of benzene rings is 5. The smallest absolute Gasteiger partial charge is 0.101 e. The number of fused-ring (bicyclic) bond motifs is 10. The summed E-state index contributed by atoms with van der Waals surface area (Å²) in [5, 5.41) is 22.8. The van der Waals surface area contributed by atoms with Crippen LogP contribution in [-0.2, 0) is 6.42 Å². The highest BCUT2D eigenvalue weighted by Gasteiger charge is 2.38. The van der Waals surface area contributed by atoms with Crippen molar-refractivity contribution in [2.24, 2.45) is 0 Å². The van der Waals surface area contributed by atoms with Crippen molar-refractivity contribution in [3.63, 3.8) is 0 Å². The number of thioether (sulfide) groups is 1. The molecular formula is C44H27N3S2. The summed E-state index contributed by atoms with van der Waals surface area (Å²) in [6.07, 6.45) is 11.2. The SMILES string of the molecule is N#Cc1cccc(-c2ccc3c(c2)C2C=Cc4sc5ccc(-c6cccc(C#N)c6-n6c7c(c8ccccc86)CCC=C7)cc5c4C2S3)c1. The fourth-order valence-corrected chi connectivity index (χ4v) is 10.9. The molecule has 10 rings (SSSR count). The van der Waals surface area contributed by atoms with E-state index < -0.39 is 0 Å². The average molecular weight is 662 g/mol. The van der Waals surface area contributed by atoms with Crippen molar-refractivity contribution in [3.8, 4) is 40.1 Å². The van der Waals surface area contributed by atoms with Crippen LogP contribution in [0, 0.1) is 22.7 Å². The Bertz CT molecular complexity index is 2690. The Morgan fingerprint density at radius 2 is 1.63 bits per heavy atom. The summed E-state index contributed by atoms with van der Waals surface area (Å²) in [5.41, 5.74) is 13.2. The molecule has 0 bridgehead atoms. The first-order valence-corrected chi connectivity index (χ1v) is 18.3. The average Bonchev–Trinajstić information content (AvgIpc) is 3.83. The fourth-order valence-electron chi connectivity index (χ4n) is 8.13. The zero-order valence-corrected chi connectivity index (χ0v) is 28.0. The highest BCUT2D eigenvalue weighted by molar-refractivity contribution is 8.00. The van der Waals surface area contributed by atoms with E-state index in [0.29, 0.717) is 11.1 Å². The van der Waals surface area contributed by atoms with Gasteiger partial charge < -0.3 is 4.57 Å². The normalized spacial score (nSPS) is 16.9. The molecule has 5 aromatic carbocycles. The van der Waals surface area contributed by atoms with Crippen LogP contribution in [0.1, 0.15) is 56.0 Å². The Labute approximate surface area is 292 Å². The topological polar surface area (TPSA) is 52.5 Å². The van der Waals surface area contributed by atoms with Crippen LogP contribution in [0.2, 0.25) is 0 Å². The van der Waals surface area contributed by atoms with Gasteiger partial charge in [-0.25, -0.2) is 0 Å². The molecule has 3 heterocycles. The van der Waals surface area contributed by atoms with Gasteiger partial charge in [-0.2, -0.15) is 10.5 Å². The van der Waals surface area contributed by atoms with Crippen molar-refractivity contribution < 1.29 is 0 Å². The number of aromatic nitrogens is 1. The van der Waals surface area contributed by atoms with E-state index in [1.54, 1.807) is 0 Å². The number of hydrogen-bond acceptors (Lipinski definition) is 4. The van der Waals surface area contributed by atoms with E-state index in [-0.39, 0.29) is 11.2 Å². The van der Waals surface area contributed by atoms with Crippen LogP contribution in [0.3, 0.4) is 0 Å². The lowest BCUT2D eigenvalue weighted by molar-refractivity contribution is 0.828. The lowest BCUT2D eigenvalue weighted by Crippen LogP contribution is -2.05. The van der Waals surface area contributed by atoms with Crippen molar-refractivity contribution in [1.29, 1.82) is 10.5 Å². The molecule has 0 spiro atoms. The van der Waals surface area contributed by atoms with Crippen LogP contribution in [0.4, 0.5) is 0 Å². The molecule has 3 aliphatic rings. The summed E-state index contributed by atoms with van der Waals surface area (Å²) < 4.78 is 3.61. The third-order valence-electron chi connectivity index (χ3n) is 10.3. The maximum absolute atomic E-state index is 10.5. The summed E-state index contributed by atoms with van der Waals surface area (Å²) >= 11 is 3.84. The van der Waals surface area contributed by atoms with Gasteiger partial charge in [0.1, 0.15) is 6.07 Å². The van der Waals surface area contributed by atoms with E-state index in [1.807, 2.05) is 53.4 Å². The third-order valence-corrected chi connectivity index (χ3v) is 12.9. The Morgan fingerprint density at radius 3 is 2.55 bits per heavy atom. The molecular weight excluding hydrogens is 635 g/mol. The number of para-hydroxylation sites is 2. The maximum Gasteiger partial charge on any atom is 0.101 e. The Kier molecular flexibility index (Phi) is 6.37. The van der Waals surface area contributed by atoms with Gasteiger partial charge in [0.2, 0.25) is 0 Å². The summed E-state index contributed by atoms with van der Waals surface area (Å²) in [5.74, 6) is 0.273. The first-order chi connectivity index (χ1) is 24.2. The van der Waals surface area contributed by atoms with Crippen molar-refractivity contribution in [2.45, 2.75) is 28.9 Å². The van der Waals surface area contributed by atoms with Gasteiger partial charge in [-0.15, -0.1) is 23.1 Å². The summed E-state index contributed by atoms with van der Waals surface area (Å²) in [6, 6.07) is 41.1. The number of nitrogens with zero attached hydrogens (tertiary/aromatic N) is 3. The highest BCUT2D eigenvalue weighted by Crippen LogP contribution is 2.60. The quantitative estimate of drug-likeness (QED) is 0.189. The lowest BCUT2D eigenvalue weighted by Gasteiger charge is -2.22. The third kappa shape index (κ3) is 4.27. The summed E-state index contributed by atoms with van der Waals surface area (Å²) in [6.45, 7) is 0. The Hall–Kier alpha value is -5.59. The molecule has 0 saturated carbocycles. The lowest BCUT2D eigenvalue weighted by atomic mass is 9.85. The number of hydrogen-bond donors (Lipinski definition) is 0. The van der Waals surface area contributed by atoms with Gasteiger partial charge in [0.25, 0.3) is 0 Å². The van der Waals surface area contributed by atoms with E-state index in [4.69, 9.17) is 0 Å². The van der Waals surface area contributed by atoms with Crippen LogP contribution < -0.4 is 0 Å².